The van der Waals surface area contributed by atoms with Gasteiger partial charge in [-0.15, -0.1) is 0 Å². The molecule has 2 aromatic rings. The van der Waals surface area contributed by atoms with Gasteiger partial charge in [-0.1, -0.05) is 12.1 Å². The van der Waals surface area contributed by atoms with E-state index in [9.17, 15) is 0 Å². The summed E-state index contributed by atoms with van der Waals surface area (Å²) in [4.78, 5) is 7.04. The average molecular weight is 244 g/mol. The number of nitrogens with one attached hydrogen (secondary N) is 1. The summed E-state index contributed by atoms with van der Waals surface area (Å²) in [5.41, 5.74) is 3.76. The van der Waals surface area contributed by atoms with Gasteiger partial charge in [-0.25, -0.2) is 4.98 Å². The van der Waals surface area contributed by atoms with E-state index in [1.54, 1.807) is 0 Å². The first kappa shape index (κ1) is 11.7. The Morgan fingerprint density at radius 1 is 1.28 bits per heavy atom. The van der Waals surface area contributed by atoms with E-state index in [0.717, 1.165) is 44.7 Å². The highest BCUT2D eigenvalue weighted by molar-refractivity contribution is 5.78. The van der Waals surface area contributed by atoms with Crippen LogP contribution in [0.1, 0.15) is 5.56 Å². The van der Waals surface area contributed by atoms with Gasteiger partial charge in [0.1, 0.15) is 0 Å². The number of para-hydroxylation sites is 1. The molecule has 1 aromatic carbocycles. The molecule has 1 saturated heterocycles. The summed E-state index contributed by atoms with van der Waals surface area (Å²) in [5, 5.41) is 3.39. The Morgan fingerprint density at radius 2 is 2.11 bits per heavy atom. The lowest BCUT2D eigenvalue weighted by atomic mass is 10.1. The van der Waals surface area contributed by atoms with Gasteiger partial charge in [-0.3, -0.25) is 0 Å². The molecule has 1 aliphatic rings. The van der Waals surface area contributed by atoms with E-state index < -0.39 is 0 Å². The maximum Gasteiger partial charge on any atom is 0.0955 e. The summed E-state index contributed by atoms with van der Waals surface area (Å²) >= 11 is 0. The number of piperazine rings is 1. The Balaban J connectivity index is 1.74. The molecule has 0 aliphatic carbocycles. The maximum absolute atomic E-state index is 4.51. The molecule has 0 radical (unpaired) electrons. The summed E-state index contributed by atoms with van der Waals surface area (Å²) in [6.45, 7) is 5.70. The number of nitrogens with zero attached hydrogens (tertiary/aromatic N) is 3. The fourth-order valence-corrected chi connectivity index (χ4v) is 2.63. The van der Waals surface area contributed by atoms with Crippen LogP contribution in [0.25, 0.3) is 11.0 Å². The van der Waals surface area contributed by atoms with E-state index in [-0.39, 0.29) is 0 Å². The van der Waals surface area contributed by atoms with Crippen LogP contribution < -0.4 is 5.32 Å². The molecule has 0 bridgehead atoms. The molecule has 1 aliphatic heterocycles. The first-order valence-corrected chi connectivity index (χ1v) is 6.66. The third-order valence-electron chi connectivity index (χ3n) is 3.75. The second-order valence-electron chi connectivity index (χ2n) is 4.98. The molecule has 4 nitrogen and oxygen atoms in total. The molecule has 3 rings (SSSR count). The Bertz CT molecular complexity index is 526. The van der Waals surface area contributed by atoms with E-state index in [0.29, 0.717) is 0 Å². The highest BCUT2D eigenvalue weighted by Crippen LogP contribution is 2.17. The van der Waals surface area contributed by atoms with Gasteiger partial charge in [0, 0.05) is 39.8 Å². The zero-order chi connectivity index (χ0) is 12.4. The minimum Gasteiger partial charge on any atom is -0.334 e. The quantitative estimate of drug-likeness (QED) is 0.875. The molecule has 0 atom stereocenters. The zero-order valence-electron chi connectivity index (χ0n) is 10.9. The van der Waals surface area contributed by atoms with Crippen LogP contribution in [-0.4, -0.2) is 47.2 Å². The van der Waals surface area contributed by atoms with Crippen molar-refractivity contribution in [3.8, 4) is 0 Å². The molecule has 2 heterocycles. The van der Waals surface area contributed by atoms with Gasteiger partial charge in [0.25, 0.3) is 0 Å². The van der Waals surface area contributed by atoms with Crippen LogP contribution in [0.15, 0.2) is 24.5 Å². The van der Waals surface area contributed by atoms with Crippen molar-refractivity contribution in [3.05, 3.63) is 30.1 Å². The molecule has 18 heavy (non-hydrogen) atoms. The minimum atomic E-state index is 1.09. The number of fused-ring (bicyclic) bond motifs is 1. The highest BCUT2D eigenvalue weighted by atomic mass is 15.2. The van der Waals surface area contributed by atoms with Gasteiger partial charge in [0.05, 0.1) is 17.4 Å². The highest BCUT2D eigenvalue weighted by Gasteiger charge is 2.11. The van der Waals surface area contributed by atoms with Crippen molar-refractivity contribution < 1.29 is 0 Å². The summed E-state index contributed by atoms with van der Waals surface area (Å²) < 4.78 is 2.09. The molecule has 0 amide bonds. The van der Waals surface area contributed by atoms with E-state index in [1.165, 1.54) is 11.1 Å². The van der Waals surface area contributed by atoms with Crippen LogP contribution >= 0.6 is 0 Å². The summed E-state index contributed by atoms with van der Waals surface area (Å²) in [6.07, 6.45) is 2.99. The molecule has 96 valence electrons. The van der Waals surface area contributed by atoms with Crippen LogP contribution in [0.3, 0.4) is 0 Å². The third kappa shape index (κ3) is 2.26. The lowest BCUT2D eigenvalue weighted by molar-refractivity contribution is 0.244. The molecular formula is C14H20N4. The van der Waals surface area contributed by atoms with Crippen molar-refractivity contribution in [2.24, 2.45) is 7.05 Å². The Hall–Kier alpha value is -1.39. The SMILES string of the molecule is Cn1cnc2c(CCN3CCNCC3)cccc21. The van der Waals surface area contributed by atoms with Crippen molar-refractivity contribution in [2.75, 3.05) is 32.7 Å². The normalized spacial score (nSPS) is 17.4. The van der Waals surface area contributed by atoms with Crippen molar-refractivity contribution in [1.82, 2.24) is 19.8 Å². The molecule has 0 saturated carbocycles. The number of hydrogen-bond acceptors (Lipinski definition) is 3. The lowest BCUT2D eigenvalue weighted by Gasteiger charge is -2.27. The number of imidazole rings is 1. The minimum absolute atomic E-state index is 1.09. The van der Waals surface area contributed by atoms with Crippen LogP contribution in [0, 0.1) is 0 Å². The van der Waals surface area contributed by atoms with Crippen molar-refractivity contribution in [3.63, 3.8) is 0 Å². The maximum atomic E-state index is 4.51. The predicted molar refractivity (Wildman–Crippen MR) is 73.7 cm³/mol. The molecule has 4 heteroatoms. The topological polar surface area (TPSA) is 33.1 Å². The van der Waals surface area contributed by atoms with Gasteiger partial charge >= 0.3 is 0 Å². The molecule has 0 spiro atoms. The van der Waals surface area contributed by atoms with Crippen LogP contribution in [0.5, 0.6) is 0 Å². The second-order valence-corrected chi connectivity index (χ2v) is 4.98. The zero-order valence-corrected chi connectivity index (χ0v) is 10.9. The number of hydrogen-bond donors (Lipinski definition) is 1. The predicted octanol–water partition coefficient (Wildman–Crippen LogP) is 1.02. The smallest absolute Gasteiger partial charge is 0.0955 e. The van der Waals surface area contributed by atoms with Gasteiger partial charge in [-0.05, 0) is 18.1 Å². The van der Waals surface area contributed by atoms with Crippen LogP contribution in [-0.2, 0) is 13.5 Å². The lowest BCUT2D eigenvalue weighted by Crippen LogP contribution is -2.44. The molecule has 1 N–H and O–H groups in total. The van der Waals surface area contributed by atoms with Gasteiger partial charge < -0.3 is 14.8 Å². The largest absolute Gasteiger partial charge is 0.334 e. The Labute approximate surface area is 108 Å². The second kappa shape index (κ2) is 5.08. The molecule has 0 unspecified atom stereocenters. The Kier molecular flexibility index (Phi) is 3.30. The summed E-state index contributed by atoms with van der Waals surface area (Å²) in [7, 11) is 2.05. The molecule has 1 fully saturated rings. The summed E-state index contributed by atoms with van der Waals surface area (Å²) in [5.74, 6) is 0. The average Bonchev–Trinajstić information content (AvgIpc) is 2.80. The van der Waals surface area contributed by atoms with Gasteiger partial charge in [-0.2, -0.15) is 0 Å². The van der Waals surface area contributed by atoms with Crippen LogP contribution in [0.4, 0.5) is 0 Å². The van der Waals surface area contributed by atoms with Crippen LogP contribution in [0.2, 0.25) is 0 Å². The third-order valence-corrected chi connectivity index (χ3v) is 3.75. The van der Waals surface area contributed by atoms with Crippen molar-refractivity contribution in [2.45, 2.75) is 6.42 Å². The van der Waals surface area contributed by atoms with Crippen molar-refractivity contribution in [1.29, 1.82) is 0 Å². The van der Waals surface area contributed by atoms with Gasteiger partial charge in [0.15, 0.2) is 0 Å². The molecule has 1 aromatic heterocycles. The van der Waals surface area contributed by atoms with Gasteiger partial charge in [0.2, 0.25) is 0 Å². The standard InChI is InChI=1S/C14H20N4/c1-17-11-16-14-12(3-2-4-13(14)17)5-8-18-9-6-15-7-10-18/h2-4,11,15H,5-10H2,1H3. The fourth-order valence-electron chi connectivity index (χ4n) is 2.63. The Morgan fingerprint density at radius 3 is 2.94 bits per heavy atom. The van der Waals surface area contributed by atoms with E-state index in [4.69, 9.17) is 0 Å². The number of aromatic nitrogens is 2. The van der Waals surface area contributed by atoms with Crippen molar-refractivity contribution >= 4 is 11.0 Å². The number of rotatable bonds is 3. The fraction of sp³-hybridized carbons (Fsp3) is 0.500. The van der Waals surface area contributed by atoms with E-state index in [1.807, 2.05) is 6.33 Å². The molecular weight excluding hydrogens is 224 g/mol. The monoisotopic (exact) mass is 244 g/mol. The number of benzene rings is 1. The van der Waals surface area contributed by atoms with E-state index >= 15 is 0 Å². The number of aryl methyl sites for hydroxylation is 1. The first-order chi connectivity index (χ1) is 8.84. The summed E-state index contributed by atoms with van der Waals surface area (Å²) in [6, 6.07) is 6.48. The first-order valence-electron chi connectivity index (χ1n) is 6.66. The van der Waals surface area contributed by atoms with E-state index in [2.05, 4.69) is 45.0 Å².